The highest BCUT2D eigenvalue weighted by Gasteiger charge is 2.14. The first-order valence-corrected chi connectivity index (χ1v) is 6.56. The molecule has 0 amide bonds. The highest BCUT2D eigenvalue weighted by atomic mass is 14.9. The molecule has 1 saturated heterocycles. The van der Waals surface area contributed by atoms with Gasteiger partial charge in [-0.05, 0) is 38.1 Å². The lowest BCUT2D eigenvalue weighted by atomic mass is 9.99. The van der Waals surface area contributed by atoms with Crippen molar-refractivity contribution in [2.24, 2.45) is 5.92 Å². The minimum absolute atomic E-state index is 0.829. The van der Waals surface area contributed by atoms with Crippen LogP contribution in [0.3, 0.4) is 0 Å². The van der Waals surface area contributed by atoms with E-state index in [2.05, 4.69) is 19.2 Å². The average Bonchev–Trinajstić information content (AvgIpc) is 2.43. The second-order valence-electron chi connectivity index (χ2n) is 4.26. The predicted octanol–water partition coefficient (Wildman–Crippen LogP) is 3.98. The summed E-state index contributed by atoms with van der Waals surface area (Å²) in [7, 11) is 0. The van der Waals surface area contributed by atoms with Crippen molar-refractivity contribution in [2.45, 2.75) is 72.3 Å². The van der Waals surface area contributed by atoms with Gasteiger partial charge >= 0.3 is 0 Å². The lowest BCUT2D eigenvalue weighted by Gasteiger charge is -2.14. The first-order valence-electron chi connectivity index (χ1n) is 6.56. The lowest BCUT2D eigenvalue weighted by Crippen LogP contribution is -2.27. The van der Waals surface area contributed by atoms with Crippen LogP contribution in [0.5, 0.6) is 0 Å². The Morgan fingerprint density at radius 1 is 1.14 bits per heavy atom. The van der Waals surface area contributed by atoms with Crippen molar-refractivity contribution < 1.29 is 0 Å². The fraction of sp³-hybridized carbons (Fsp3) is 1.00. The van der Waals surface area contributed by atoms with Gasteiger partial charge < -0.3 is 5.32 Å². The molecule has 2 atom stereocenters. The molecule has 1 N–H and O–H groups in total. The summed E-state index contributed by atoms with van der Waals surface area (Å²) in [4.78, 5) is 0. The molecule has 0 bridgehead atoms. The summed E-state index contributed by atoms with van der Waals surface area (Å²) in [6.07, 6.45) is 8.34. The van der Waals surface area contributed by atoms with Gasteiger partial charge in [0.15, 0.2) is 0 Å². The smallest absolute Gasteiger partial charge is 0.00671 e. The van der Waals surface area contributed by atoms with E-state index < -0.39 is 0 Å². The highest BCUT2D eigenvalue weighted by molar-refractivity contribution is 4.73. The predicted molar refractivity (Wildman–Crippen MR) is 65.7 cm³/mol. The fourth-order valence-corrected chi connectivity index (χ4v) is 1.96. The van der Waals surface area contributed by atoms with Crippen LogP contribution in [0.1, 0.15) is 66.2 Å². The maximum atomic E-state index is 3.65. The number of rotatable bonds is 3. The summed E-state index contributed by atoms with van der Waals surface area (Å²) < 4.78 is 0. The van der Waals surface area contributed by atoms with Crippen molar-refractivity contribution in [1.82, 2.24) is 5.32 Å². The van der Waals surface area contributed by atoms with E-state index >= 15 is 0 Å². The van der Waals surface area contributed by atoms with Gasteiger partial charge in [-0.2, -0.15) is 0 Å². The summed E-state index contributed by atoms with van der Waals surface area (Å²) in [6, 6.07) is 0.829. The minimum atomic E-state index is 0.829. The van der Waals surface area contributed by atoms with Crippen molar-refractivity contribution in [1.29, 1.82) is 0 Å². The van der Waals surface area contributed by atoms with Gasteiger partial charge in [0.2, 0.25) is 0 Å². The molecule has 1 aliphatic heterocycles. The van der Waals surface area contributed by atoms with E-state index in [0.717, 1.165) is 12.0 Å². The van der Waals surface area contributed by atoms with E-state index in [-0.39, 0.29) is 0 Å². The van der Waals surface area contributed by atoms with E-state index in [1.54, 1.807) is 0 Å². The summed E-state index contributed by atoms with van der Waals surface area (Å²) in [6.45, 7) is 9.90. The van der Waals surface area contributed by atoms with Gasteiger partial charge in [-0.3, -0.25) is 0 Å². The van der Waals surface area contributed by atoms with Gasteiger partial charge in [0, 0.05) is 6.04 Å². The van der Waals surface area contributed by atoms with Crippen LogP contribution in [0.15, 0.2) is 0 Å². The molecular weight excluding hydrogens is 170 g/mol. The minimum Gasteiger partial charge on any atom is -0.314 e. The maximum absolute atomic E-state index is 3.65. The number of nitrogens with one attached hydrogen (secondary N) is 1. The third kappa shape index (κ3) is 6.42. The molecule has 0 aromatic rings. The third-order valence-corrected chi connectivity index (χ3v) is 2.98. The second-order valence-corrected chi connectivity index (χ2v) is 4.26. The molecule has 0 aromatic carbocycles. The van der Waals surface area contributed by atoms with Crippen LogP contribution in [0.25, 0.3) is 0 Å². The zero-order chi connectivity index (χ0) is 10.8. The van der Waals surface area contributed by atoms with E-state index in [4.69, 9.17) is 0 Å². The van der Waals surface area contributed by atoms with Crippen LogP contribution in [0.2, 0.25) is 0 Å². The Kier molecular flexibility index (Phi) is 9.49. The Bertz CT molecular complexity index is 110. The maximum Gasteiger partial charge on any atom is 0.00671 e. The summed E-state index contributed by atoms with van der Waals surface area (Å²) >= 11 is 0. The standard InChI is InChI=1S/C11H23N.C2H6/c1-3-4-5-11-7-6-10(2)8-9-12-11;1-2/h10-12H,3-9H2,1-2H3;1-2H3. The number of hydrogen-bond donors (Lipinski definition) is 1. The van der Waals surface area contributed by atoms with Gasteiger partial charge in [-0.25, -0.2) is 0 Å². The van der Waals surface area contributed by atoms with Crippen LogP contribution >= 0.6 is 0 Å². The van der Waals surface area contributed by atoms with Crippen molar-refractivity contribution in [3.05, 3.63) is 0 Å². The van der Waals surface area contributed by atoms with E-state index in [9.17, 15) is 0 Å². The first-order chi connectivity index (χ1) is 6.83. The molecule has 1 nitrogen and oxygen atoms in total. The number of hydrogen-bond acceptors (Lipinski definition) is 1. The summed E-state index contributed by atoms with van der Waals surface area (Å²) in [5, 5.41) is 3.65. The van der Waals surface area contributed by atoms with Gasteiger partial charge in [0.05, 0.1) is 0 Å². The largest absolute Gasteiger partial charge is 0.314 e. The summed E-state index contributed by atoms with van der Waals surface area (Å²) in [5.41, 5.74) is 0. The van der Waals surface area contributed by atoms with E-state index in [0.29, 0.717) is 0 Å². The van der Waals surface area contributed by atoms with Crippen LogP contribution in [-0.4, -0.2) is 12.6 Å². The van der Waals surface area contributed by atoms with Crippen LogP contribution < -0.4 is 5.32 Å². The molecule has 0 aliphatic carbocycles. The highest BCUT2D eigenvalue weighted by Crippen LogP contribution is 2.17. The second kappa shape index (κ2) is 9.51. The molecular formula is C13H29N. The Morgan fingerprint density at radius 2 is 1.86 bits per heavy atom. The van der Waals surface area contributed by atoms with Gasteiger partial charge in [-0.15, -0.1) is 0 Å². The lowest BCUT2D eigenvalue weighted by molar-refractivity contribution is 0.453. The average molecular weight is 199 g/mol. The van der Waals surface area contributed by atoms with Crippen molar-refractivity contribution >= 4 is 0 Å². The Labute approximate surface area is 90.7 Å². The quantitative estimate of drug-likeness (QED) is 0.725. The van der Waals surface area contributed by atoms with E-state index in [1.165, 1.54) is 45.1 Å². The molecule has 1 heterocycles. The SMILES string of the molecule is CC.CCCCC1CCC(C)CCN1. The Balaban J connectivity index is 0.000000791. The zero-order valence-corrected chi connectivity index (χ0v) is 10.6. The molecule has 0 saturated carbocycles. The molecule has 0 radical (unpaired) electrons. The van der Waals surface area contributed by atoms with Crippen LogP contribution in [0, 0.1) is 5.92 Å². The van der Waals surface area contributed by atoms with Gasteiger partial charge in [0.25, 0.3) is 0 Å². The van der Waals surface area contributed by atoms with Crippen molar-refractivity contribution in [2.75, 3.05) is 6.54 Å². The molecule has 1 heteroatoms. The Hall–Kier alpha value is -0.0400. The third-order valence-electron chi connectivity index (χ3n) is 2.98. The van der Waals surface area contributed by atoms with Crippen LogP contribution in [-0.2, 0) is 0 Å². The molecule has 86 valence electrons. The summed E-state index contributed by atoms with van der Waals surface area (Å²) in [5.74, 6) is 0.948. The monoisotopic (exact) mass is 199 g/mol. The molecule has 1 rings (SSSR count). The first kappa shape index (κ1) is 14.0. The molecule has 1 aliphatic rings. The molecule has 2 unspecified atom stereocenters. The fourth-order valence-electron chi connectivity index (χ4n) is 1.96. The topological polar surface area (TPSA) is 12.0 Å². The van der Waals surface area contributed by atoms with Crippen molar-refractivity contribution in [3.63, 3.8) is 0 Å². The molecule has 14 heavy (non-hydrogen) atoms. The van der Waals surface area contributed by atoms with Crippen molar-refractivity contribution in [3.8, 4) is 0 Å². The molecule has 1 fully saturated rings. The van der Waals surface area contributed by atoms with Gasteiger partial charge in [0.1, 0.15) is 0 Å². The van der Waals surface area contributed by atoms with Crippen LogP contribution in [0.4, 0.5) is 0 Å². The molecule has 0 spiro atoms. The normalized spacial score (nSPS) is 27.4. The van der Waals surface area contributed by atoms with E-state index in [1.807, 2.05) is 13.8 Å². The van der Waals surface area contributed by atoms with Gasteiger partial charge in [-0.1, -0.05) is 40.5 Å². The zero-order valence-electron chi connectivity index (χ0n) is 10.6. The Morgan fingerprint density at radius 3 is 2.50 bits per heavy atom. The molecule has 0 aromatic heterocycles. The number of unbranched alkanes of at least 4 members (excludes halogenated alkanes) is 1.